The molecule has 2 saturated heterocycles. The molecule has 1 N–H and O–H groups in total. The van der Waals surface area contributed by atoms with Gasteiger partial charge in [0.25, 0.3) is 5.91 Å². The first-order chi connectivity index (χ1) is 13.7. The molecule has 1 aromatic carbocycles. The second kappa shape index (κ2) is 8.48. The highest BCUT2D eigenvalue weighted by Gasteiger charge is 2.24. The van der Waals surface area contributed by atoms with Crippen molar-refractivity contribution in [3.05, 3.63) is 48.4 Å². The number of carbonyl (C=O) groups excluding carboxylic acids is 2. The molecule has 2 amide bonds. The van der Waals surface area contributed by atoms with Gasteiger partial charge in [-0.1, -0.05) is 0 Å². The van der Waals surface area contributed by atoms with Crippen LogP contribution in [0.5, 0.6) is 0 Å². The largest absolute Gasteiger partial charge is 0.459 e. The first kappa shape index (κ1) is 18.6. The summed E-state index contributed by atoms with van der Waals surface area (Å²) in [6.45, 7) is 4.15. The molecule has 0 unspecified atom stereocenters. The molecule has 2 aliphatic heterocycles. The summed E-state index contributed by atoms with van der Waals surface area (Å²) in [7, 11) is 0. The van der Waals surface area contributed by atoms with Gasteiger partial charge >= 0.3 is 0 Å². The molecule has 1 aromatic heterocycles. The summed E-state index contributed by atoms with van der Waals surface area (Å²) < 4.78 is 10.5. The van der Waals surface area contributed by atoms with E-state index in [1.807, 2.05) is 29.2 Å². The van der Waals surface area contributed by atoms with Crippen LogP contribution in [-0.4, -0.2) is 56.1 Å². The third-order valence-corrected chi connectivity index (χ3v) is 5.39. The van der Waals surface area contributed by atoms with E-state index in [2.05, 4.69) is 10.2 Å². The third-order valence-electron chi connectivity index (χ3n) is 5.39. The van der Waals surface area contributed by atoms with Gasteiger partial charge in [0, 0.05) is 56.7 Å². The molecule has 28 heavy (non-hydrogen) atoms. The highest BCUT2D eigenvalue weighted by atomic mass is 16.5. The van der Waals surface area contributed by atoms with Crippen molar-refractivity contribution in [2.45, 2.75) is 12.8 Å². The summed E-state index contributed by atoms with van der Waals surface area (Å²) in [6.07, 6.45) is 3.09. The van der Waals surface area contributed by atoms with Crippen LogP contribution in [-0.2, 0) is 9.53 Å². The minimum absolute atomic E-state index is 0.0354. The van der Waals surface area contributed by atoms with E-state index in [1.165, 1.54) is 6.26 Å². The Morgan fingerprint density at radius 3 is 2.32 bits per heavy atom. The van der Waals surface area contributed by atoms with Crippen LogP contribution in [0.4, 0.5) is 11.4 Å². The van der Waals surface area contributed by atoms with Gasteiger partial charge in [-0.3, -0.25) is 9.59 Å². The topological polar surface area (TPSA) is 75.0 Å². The third kappa shape index (κ3) is 4.20. The number of carbonyl (C=O) groups is 2. The lowest BCUT2D eigenvalue weighted by atomic mass is 9.99. The molecule has 0 spiro atoms. The van der Waals surface area contributed by atoms with E-state index in [1.54, 1.807) is 12.1 Å². The molecule has 7 nitrogen and oxygen atoms in total. The molecule has 4 rings (SSSR count). The van der Waals surface area contributed by atoms with Crippen LogP contribution in [0.15, 0.2) is 47.1 Å². The van der Waals surface area contributed by atoms with Crippen molar-refractivity contribution in [3.8, 4) is 0 Å². The Bertz CT molecular complexity index is 790. The number of amides is 2. The molecule has 148 valence electrons. The van der Waals surface area contributed by atoms with Gasteiger partial charge in [0.15, 0.2) is 5.76 Å². The Kier molecular flexibility index (Phi) is 5.62. The summed E-state index contributed by atoms with van der Waals surface area (Å²) in [5, 5.41) is 3.00. The molecular formula is C21H25N3O4. The van der Waals surface area contributed by atoms with Crippen molar-refractivity contribution >= 4 is 23.2 Å². The molecule has 7 heteroatoms. The van der Waals surface area contributed by atoms with E-state index in [4.69, 9.17) is 9.15 Å². The molecule has 0 saturated carbocycles. The number of hydrogen-bond acceptors (Lipinski definition) is 5. The van der Waals surface area contributed by atoms with Crippen molar-refractivity contribution in [3.63, 3.8) is 0 Å². The van der Waals surface area contributed by atoms with Crippen molar-refractivity contribution in [1.29, 1.82) is 0 Å². The number of nitrogens with zero attached hydrogens (tertiary/aromatic N) is 2. The fourth-order valence-corrected chi connectivity index (χ4v) is 3.68. The van der Waals surface area contributed by atoms with Crippen molar-refractivity contribution < 1.29 is 18.7 Å². The second-order valence-corrected chi connectivity index (χ2v) is 7.18. The normalized spacial score (nSPS) is 18.1. The van der Waals surface area contributed by atoms with E-state index < -0.39 is 0 Å². The quantitative estimate of drug-likeness (QED) is 0.878. The van der Waals surface area contributed by atoms with E-state index >= 15 is 0 Å². The number of nitrogens with one attached hydrogen (secondary N) is 1. The summed E-state index contributed by atoms with van der Waals surface area (Å²) >= 11 is 0. The monoisotopic (exact) mass is 383 g/mol. The van der Waals surface area contributed by atoms with Gasteiger partial charge in [0.2, 0.25) is 5.91 Å². The summed E-state index contributed by atoms with van der Waals surface area (Å²) in [5.74, 6) is 0.434. The average molecular weight is 383 g/mol. The number of benzene rings is 1. The lowest BCUT2D eigenvalue weighted by Crippen LogP contribution is -2.48. The van der Waals surface area contributed by atoms with Crippen molar-refractivity contribution in [1.82, 2.24) is 4.90 Å². The fourth-order valence-electron chi connectivity index (χ4n) is 3.68. The molecule has 2 fully saturated rings. The Morgan fingerprint density at radius 2 is 1.68 bits per heavy atom. The zero-order valence-electron chi connectivity index (χ0n) is 15.8. The lowest BCUT2D eigenvalue weighted by molar-refractivity contribution is -0.122. The summed E-state index contributed by atoms with van der Waals surface area (Å²) in [4.78, 5) is 28.7. The van der Waals surface area contributed by atoms with E-state index in [0.717, 1.165) is 37.3 Å². The number of hydrogen-bond donors (Lipinski definition) is 1. The lowest BCUT2D eigenvalue weighted by Gasteiger charge is -2.35. The SMILES string of the molecule is O=C(Nc1ccc(N2CCN(C(=O)c3ccco3)CC2)cc1)C1CCOCC1. The Labute approximate surface area is 164 Å². The number of rotatable bonds is 4. The highest BCUT2D eigenvalue weighted by molar-refractivity contribution is 5.93. The van der Waals surface area contributed by atoms with Crippen LogP contribution in [0.2, 0.25) is 0 Å². The Hall–Kier alpha value is -2.80. The molecular weight excluding hydrogens is 358 g/mol. The molecule has 2 aromatic rings. The van der Waals surface area contributed by atoms with Crippen LogP contribution in [0.3, 0.4) is 0 Å². The zero-order valence-corrected chi connectivity index (χ0v) is 15.8. The smallest absolute Gasteiger partial charge is 0.289 e. The molecule has 0 aliphatic carbocycles. The standard InChI is InChI=1S/C21H25N3O4/c25-20(16-7-14-27-15-8-16)22-17-3-5-18(6-4-17)23-9-11-24(12-10-23)21(26)19-2-1-13-28-19/h1-6,13,16H,7-12,14-15H2,(H,22,25). The second-order valence-electron chi connectivity index (χ2n) is 7.18. The minimum Gasteiger partial charge on any atom is -0.459 e. The van der Waals surface area contributed by atoms with Gasteiger partial charge in [-0.05, 0) is 49.2 Å². The molecule has 0 atom stereocenters. The molecule has 3 heterocycles. The summed E-state index contributed by atoms with van der Waals surface area (Å²) in [6, 6.07) is 11.3. The van der Waals surface area contributed by atoms with Gasteiger partial charge < -0.3 is 24.3 Å². The zero-order chi connectivity index (χ0) is 19.3. The average Bonchev–Trinajstić information content (AvgIpc) is 3.29. The number of ether oxygens (including phenoxy) is 1. The Morgan fingerprint density at radius 1 is 0.964 bits per heavy atom. The molecule has 0 bridgehead atoms. The van der Waals surface area contributed by atoms with E-state index in [0.29, 0.717) is 32.1 Å². The maximum atomic E-state index is 12.3. The fraction of sp³-hybridized carbons (Fsp3) is 0.429. The van der Waals surface area contributed by atoms with Gasteiger partial charge in [0.1, 0.15) is 0 Å². The summed E-state index contributed by atoms with van der Waals surface area (Å²) in [5.41, 5.74) is 1.90. The van der Waals surface area contributed by atoms with Crippen LogP contribution in [0.25, 0.3) is 0 Å². The van der Waals surface area contributed by atoms with Crippen LogP contribution < -0.4 is 10.2 Å². The van der Waals surface area contributed by atoms with E-state index in [9.17, 15) is 9.59 Å². The first-order valence-corrected chi connectivity index (χ1v) is 9.77. The molecule has 0 radical (unpaired) electrons. The maximum Gasteiger partial charge on any atom is 0.289 e. The van der Waals surface area contributed by atoms with E-state index in [-0.39, 0.29) is 17.7 Å². The predicted octanol–water partition coefficient (Wildman–Crippen LogP) is 2.61. The Balaban J connectivity index is 1.30. The van der Waals surface area contributed by atoms with Gasteiger partial charge in [-0.25, -0.2) is 0 Å². The van der Waals surface area contributed by atoms with Crippen molar-refractivity contribution in [2.75, 3.05) is 49.6 Å². The predicted molar refractivity (Wildman–Crippen MR) is 105 cm³/mol. The number of piperazine rings is 1. The van der Waals surface area contributed by atoms with Crippen LogP contribution in [0.1, 0.15) is 23.4 Å². The van der Waals surface area contributed by atoms with Gasteiger partial charge in [0.05, 0.1) is 6.26 Å². The van der Waals surface area contributed by atoms with Crippen LogP contribution in [0, 0.1) is 5.92 Å². The van der Waals surface area contributed by atoms with Gasteiger partial charge in [-0.15, -0.1) is 0 Å². The van der Waals surface area contributed by atoms with Crippen LogP contribution >= 0.6 is 0 Å². The maximum absolute atomic E-state index is 12.3. The molecule has 2 aliphatic rings. The van der Waals surface area contributed by atoms with Crippen molar-refractivity contribution in [2.24, 2.45) is 5.92 Å². The van der Waals surface area contributed by atoms with Gasteiger partial charge in [-0.2, -0.15) is 0 Å². The highest BCUT2D eigenvalue weighted by Crippen LogP contribution is 2.22. The first-order valence-electron chi connectivity index (χ1n) is 9.77. The number of furan rings is 1. The minimum atomic E-state index is -0.0594. The number of anilines is 2.